The van der Waals surface area contributed by atoms with Gasteiger partial charge in [-0.3, -0.25) is 0 Å². The lowest BCUT2D eigenvalue weighted by atomic mass is 9.69. The molecule has 0 aliphatic heterocycles. The first-order valence-electron chi connectivity index (χ1n) is 7.71. The Morgan fingerprint density at radius 2 is 1.71 bits per heavy atom. The average Bonchev–Trinajstić information content (AvgIpc) is 2.34. The van der Waals surface area contributed by atoms with Gasteiger partial charge in [0.1, 0.15) is 0 Å². The first-order valence-corrected chi connectivity index (χ1v) is 7.71. The van der Waals surface area contributed by atoms with Crippen LogP contribution < -0.4 is 5.32 Å². The summed E-state index contributed by atoms with van der Waals surface area (Å²) in [5.74, 6) is 2.03. The highest BCUT2D eigenvalue weighted by Gasteiger charge is 2.36. The normalized spacial score (nSPS) is 40.4. The van der Waals surface area contributed by atoms with Gasteiger partial charge in [-0.1, -0.05) is 25.7 Å². The van der Waals surface area contributed by atoms with Crippen LogP contribution in [0.5, 0.6) is 0 Å². The third kappa shape index (κ3) is 2.68. The molecular weight excluding hydrogens is 210 g/mol. The van der Waals surface area contributed by atoms with E-state index in [1.807, 2.05) is 0 Å². The fraction of sp³-hybridized carbons (Fsp3) is 1.00. The van der Waals surface area contributed by atoms with Crippen molar-refractivity contribution in [2.45, 2.75) is 75.9 Å². The van der Waals surface area contributed by atoms with Gasteiger partial charge in [-0.15, -0.1) is 0 Å². The van der Waals surface area contributed by atoms with Gasteiger partial charge in [0.25, 0.3) is 0 Å². The monoisotopic (exact) mass is 237 g/mol. The maximum absolute atomic E-state index is 10.1. The van der Waals surface area contributed by atoms with Crippen molar-refractivity contribution >= 4 is 0 Å². The molecular formula is C15H27NO. The lowest BCUT2D eigenvalue weighted by Gasteiger charge is -2.42. The SMILES string of the molecule is OC1(CNC2CCC3CCCCC3C2)CCC1. The molecule has 0 heterocycles. The maximum atomic E-state index is 10.1. The van der Waals surface area contributed by atoms with E-state index in [1.54, 1.807) is 0 Å². The predicted molar refractivity (Wildman–Crippen MR) is 69.9 cm³/mol. The van der Waals surface area contributed by atoms with Crippen LogP contribution in [0.3, 0.4) is 0 Å². The fourth-order valence-corrected chi connectivity index (χ4v) is 4.15. The number of aliphatic hydroxyl groups is 1. The van der Waals surface area contributed by atoms with Crippen LogP contribution in [0.2, 0.25) is 0 Å². The van der Waals surface area contributed by atoms with Gasteiger partial charge in [0.15, 0.2) is 0 Å². The second-order valence-electron chi connectivity index (χ2n) is 6.77. The third-order valence-corrected chi connectivity index (χ3v) is 5.54. The van der Waals surface area contributed by atoms with Crippen molar-refractivity contribution in [2.24, 2.45) is 11.8 Å². The molecule has 0 spiro atoms. The zero-order valence-corrected chi connectivity index (χ0v) is 11.0. The van der Waals surface area contributed by atoms with Crippen LogP contribution in [0.25, 0.3) is 0 Å². The third-order valence-electron chi connectivity index (χ3n) is 5.54. The largest absolute Gasteiger partial charge is 0.389 e. The van der Waals surface area contributed by atoms with Crippen LogP contribution in [0.1, 0.15) is 64.2 Å². The van der Waals surface area contributed by atoms with E-state index in [0.29, 0.717) is 6.04 Å². The fourth-order valence-electron chi connectivity index (χ4n) is 4.15. The quantitative estimate of drug-likeness (QED) is 0.791. The van der Waals surface area contributed by atoms with Crippen LogP contribution in [0.4, 0.5) is 0 Å². The highest BCUT2D eigenvalue weighted by Crippen LogP contribution is 2.40. The smallest absolute Gasteiger partial charge is 0.0771 e. The zero-order valence-electron chi connectivity index (χ0n) is 11.0. The lowest BCUT2D eigenvalue weighted by Crippen LogP contribution is -2.50. The van der Waals surface area contributed by atoms with Crippen molar-refractivity contribution in [1.82, 2.24) is 5.32 Å². The molecule has 0 amide bonds. The molecule has 3 aliphatic carbocycles. The van der Waals surface area contributed by atoms with Crippen LogP contribution in [-0.4, -0.2) is 23.3 Å². The number of rotatable bonds is 3. The van der Waals surface area contributed by atoms with Gasteiger partial charge in [0.2, 0.25) is 0 Å². The molecule has 0 radical (unpaired) electrons. The van der Waals surface area contributed by atoms with Crippen molar-refractivity contribution in [1.29, 1.82) is 0 Å². The topological polar surface area (TPSA) is 32.3 Å². The first-order chi connectivity index (χ1) is 8.25. The van der Waals surface area contributed by atoms with Gasteiger partial charge < -0.3 is 10.4 Å². The Bertz CT molecular complexity index is 262. The summed E-state index contributed by atoms with van der Waals surface area (Å²) >= 11 is 0. The summed E-state index contributed by atoms with van der Waals surface area (Å²) in [6.45, 7) is 0.842. The minimum atomic E-state index is -0.344. The average molecular weight is 237 g/mol. The minimum Gasteiger partial charge on any atom is -0.389 e. The molecule has 3 unspecified atom stereocenters. The molecule has 17 heavy (non-hydrogen) atoms. The van der Waals surface area contributed by atoms with Gasteiger partial charge >= 0.3 is 0 Å². The zero-order chi connectivity index (χ0) is 11.7. The molecule has 98 valence electrons. The molecule has 3 aliphatic rings. The summed E-state index contributed by atoms with van der Waals surface area (Å²) in [6, 6.07) is 0.693. The van der Waals surface area contributed by atoms with Gasteiger partial charge in [-0.05, 0) is 50.4 Å². The predicted octanol–water partition coefficient (Wildman–Crippen LogP) is 2.85. The van der Waals surface area contributed by atoms with Gasteiger partial charge in [0, 0.05) is 12.6 Å². The molecule has 0 aromatic rings. The molecule has 3 fully saturated rings. The second kappa shape index (κ2) is 4.89. The first kappa shape index (κ1) is 12.0. The van der Waals surface area contributed by atoms with Gasteiger partial charge in [-0.25, -0.2) is 0 Å². The molecule has 0 saturated heterocycles. The Labute approximate surface area is 105 Å². The highest BCUT2D eigenvalue weighted by atomic mass is 16.3. The van der Waals surface area contributed by atoms with Crippen LogP contribution >= 0.6 is 0 Å². The standard InChI is InChI=1S/C15H27NO/c17-15(8-3-9-15)11-16-14-7-6-12-4-1-2-5-13(12)10-14/h12-14,16-17H,1-11H2. The molecule has 3 rings (SSSR count). The van der Waals surface area contributed by atoms with E-state index in [2.05, 4.69) is 5.32 Å². The number of fused-ring (bicyclic) bond motifs is 1. The van der Waals surface area contributed by atoms with Crippen molar-refractivity contribution in [3.8, 4) is 0 Å². The molecule has 2 heteroatoms. The van der Waals surface area contributed by atoms with Gasteiger partial charge in [-0.2, -0.15) is 0 Å². The molecule has 2 N–H and O–H groups in total. The Kier molecular flexibility index (Phi) is 3.45. The van der Waals surface area contributed by atoms with E-state index in [0.717, 1.165) is 31.2 Å². The Morgan fingerprint density at radius 3 is 2.41 bits per heavy atom. The Hall–Kier alpha value is -0.0800. The summed E-state index contributed by atoms with van der Waals surface area (Å²) in [7, 11) is 0. The second-order valence-corrected chi connectivity index (χ2v) is 6.77. The number of hydrogen-bond acceptors (Lipinski definition) is 2. The van der Waals surface area contributed by atoms with Crippen molar-refractivity contribution in [2.75, 3.05) is 6.54 Å². The van der Waals surface area contributed by atoms with Crippen LogP contribution in [-0.2, 0) is 0 Å². The van der Waals surface area contributed by atoms with E-state index in [4.69, 9.17) is 0 Å². The van der Waals surface area contributed by atoms with Crippen molar-refractivity contribution in [3.05, 3.63) is 0 Å². The molecule has 2 nitrogen and oxygen atoms in total. The molecule has 3 atom stereocenters. The molecule has 3 saturated carbocycles. The lowest BCUT2D eigenvalue weighted by molar-refractivity contribution is -0.0354. The summed E-state index contributed by atoms with van der Waals surface area (Å²) in [5, 5.41) is 13.8. The summed E-state index contributed by atoms with van der Waals surface area (Å²) in [5.41, 5.74) is -0.344. The maximum Gasteiger partial charge on any atom is 0.0771 e. The minimum absolute atomic E-state index is 0.344. The Balaban J connectivity index is 1.45. The van der Waals surface area contributed by atoms with Crippen molar-refractivity contribution in [3.63, 3.8) is 0 Å². The van der Waals surface area contributed by atoms with E-state index >= 15 is 0 Å². The number of nitrogens with one attached hydrogen (secondary N) is 1. The van der Waals surface area contributed by atoms with E-state index in [1.165, 1.54) is 51.4 Å². The molecule has 0 aromatic heterocycles. The van der Waals surface area contributed by atoms with Gasteiger partial charge in [0.05, 0.1) is 5.60 Å². The summed E-state index contributed by atoms with van der Waals surface area (Å²) < 4.78 is 0. The van der Waals surface area contributed by atoms with Crippen LogP contribution in [0.15, 0.2) is 0 Å². The van der Waals surface area contributed by atoms with E-state index < -0.39 is 0 Å². The molecule has 0 aromatic carbocycles. The Morgan fingerprint density at radius 1 is 0.941 bits per heavy atom. The number of hydrogen-bond donors (Lipinski definition) is 2. The van der Waals surface area contributed by atoms with E-state index in [-0.39, 0.29) is 5.60 Å². The van der Waals surface area contributed by atoms with E-state index in [9.17, 15) is 5.11 Å². The highest BCUT2D eigenvalue weighted by molar-refractivity contribution is 4.92. The van der Waals surface area contributed by atoms with Crippen LogP contribution in [0, 0.1) is 11.8 Å². The summed E-state index contributed by atoms with van der Waals surface area (Å²) in [4.78, 5) is 0. The summed E-state index contributed by atoms with van der Waals surface area (Å²) in [6.07, 6.45) is 13.3. The van der Waals surface area contributed by atoms with Crippen molar-refractivity contribution < 1.29 is 5.11 Å². The molecule has 0 bridgehead atoms.